The smallest absolute Gasteiger partial charge is 0.338 e. The number of hydrogen-bond donors (Lipinski definition) is 0. The van der Waals surface area contributed by atoms with Crippen LogP contribution >= 0.6 is 0 Å². The Morgan fingerprint density at radius 3 is 1.97 bits per heavy atom. The molecule has 0 saturated carbocycles. The third kappa shape index (κ3) is 9.00. The molecule has 0 spiro atoms. The predicted molar refractivity (Wildman–Crippen MR) is 130 cm³/mol. The van der Waals surface area contributed by atoms with E-state index in [9.17, 15) is 14.4 Å². The summed E-state index contributed by atoms with van der Waals surface area (Å²) in [6.07, 6.45) is 0.285. The molecule has 8 heteroatoms. The molecule has 0 atom stereocenters. The van der Waals surface area contributed by atoms with Gasteiger partial charge in [-0.3, -0.25) is 4.79 Å². The number of hydrogen-bond acceptors (Lipinski definition) is 8. The van der Waals surface area contributed by atoms with Crippen molar-refractivity contribution in [3.05, 3.63) is 66.8 Å². The fourth-order valence-corrected chi connectivity index (χ4v) is 2.67. The molecule has 0 heterocycles. The number of carbonyl (C=O) groups is 3. The Balaban J connectivity index is 2.14. The second-order valence-electron chi connectivity index (χ2n) is 7.54. The van der Waals surface area contributed by atoms with Crippen LogP contribution in [-0.4, -0.2) is 44.3 Å². The van der Waals surface area contributed by atoms with Gasteiger partial charge in [-0.1, -0.05) is 32.2 Å². The van der Waals surface area contributed by atoms with Crippen LogP contribution in [0.5, 0.6) is 17.2 Å². The average molecular weight is 483 g/mol. The summed E-state index contributed by atoms with van der Waals surface area (Å²) in [6, 6.07) is 12.2. The van der Waals surface area contributed by atoms with Gasteiger partial charge in [0.25, 0.3) is 0 Å². The molecule has 0 amide bonds. The van der Waals surface area contributed by atoms with Gasteiger partial charge in [-0.2, -0.15) is 0 Å². The number of benzene rings is 2. The van der Waals surface area contributed by atoms with Gasteiger partial charge in [-0.25, -0.2) is 9.59 Å². The van der Waals surface area contributed by atoms with Crippen LogP contribution in [0.4, 0.5) is 0 Å². The first-order valence-electron chi connectivity index (χ1n) is 11.1. The molecule has 2 rings (SSSR count). The highest BCUT2D eigenvalue weighted by Gasteiger charge is 2.12. The summed E-state index contributed by atoms with van der Waals surface area (Å²) in [6.45, 7) is 12.4. The molecule has 0 aromatic heterocycles. The first-order valence-corrected chi connectivity index (χ1v) is 11.1. The van der Waals surface area contributed by atoms with Gasteiger partial charge >= 0.3 is 17.9 Å². The monoisotopic (exact) mass is 482 g/mol. The topological polar surface area (TPSA) is 97.4 Å². The fraction of sp³-hybridized carbons (Fsp3) is 0.296. The van der Waals surface area contributed by atoms with E-state index in [0.717, 1.165) is 11.1 Å². The Morgan fingerprint density at radius 1 is 0.743 bits per heavy atom. The van der Waals surface area contributed by atoms with Crippen molar-refractivity contribution in [3.63, 3.8) is 0 Å². The van der Waals surface area contributed by atoms with Gasteiger partial charge in [-0.15, -0.1) is 0 Å². The lowest BCUT2D eigenvalue weighted by Crippen LogP contribution is -2.13. The predicted octanol–water partition coefficient (Wildman–Crippen LogP) is 4.67. The van der Waals surface area contributed by atoms with Gasteiger partial charge in [0.1, 0.15) is 43.7 Å². The molecule has 0 unspecified atom stereocenters. The zero-order valence-electron chi connectivity index (χ0n) is 20.3. The summed E-state index contributed by atoms with van der Waals surface area (Å²) < 4.78 is 26.9. The van der Waals surface area contributed by atoms with Crippen LogP contribution in [0.2, 0.25) is 0 Å². The minimum Gasteiger partial charge on any atom is -0.490 e. The second kappa shape index (κ2) is 13.6. The highest BCUT2D eigenvalue weighted by molar-refractivity contribution is 5.89. The van der Waals surface area contributed by atoms with E-state index in [1.54, 1.807) is 57.2 Å². The van der Waals surface area contributed by atoms with Crippen molar-refractivity contribution in [2.75, 3.05) is 26.4 Å². The Kier molecular flexibility index (Phi) is 10.6. The Bertz CT molecular complexity index is 1070. The molecule has 0 aliphatic heterocycles. The van der Waals surface area contributed by atoms with Gasteiger partial charge in [0.15, 0.2) is 0 Å². The molecular formula is C27H30O8. The van der Waals surface area contributed by atoms with E-state index in [1.807, 2.05) is 6.07 Å². The summed E-state index contributed by atoms with van der Waals surface area (Å²) >= 11 is 0. The van der Waals surface area contributed by atoms with Crippen LogP contribution < -0.4 is 14.2 Å². The summed E-state index contributed by atoms with van der Waals surface area (Å²) in [4.78, 5) is 34.6. The third-order valence-corrected chi connectivity index (χ3v) is 4.50. The molecule has 35 heavy (non-hydrogen) atoms. The largest absolute Gasteiger partial charge is 0.490 e. The van der Waals surface area contributed by atoms with Crippen molar-refractivity contribution in [3.8, 4) is 28.4 Å². The second-order valence-corrected chi connectivity index (χ2v) is 7.54. The molecule has 8 nitrogen and oxygen atoms in total. The van der Waals surface area contributed by atoms with Gasteiger partial charge in [-0.05, 0) is 43.7 Å². The molecule has 2 aromatic carbocycles. The van der Waals surface area contributed by atoms with Crippen LogP contribution in [0, 0.1) is 0 Å². The summed E-state index contributed by atoms with van der Waals surface area (Å²) in [5.74, 6) is 0.106. The van der Waals surface area contributed by atoms with Crippen molar-refractivity contribution in [2.24, 2.45) is 0 Å². The maximum absolute atomic E-state index is 11.7. The van der Waals surface area contributed by atoms with Crippen LogP contribution in [0.3, 0.4) is 0 Å². The van der Waals surface area contributed by atoms with Crippen LogP contribution in [0.1, 0.15) is 27.2 Å². The minimum atomic E-state index is -0.501. The fourth-order valence-electron chi connectivity index (χ4n) is 2.67. The average Bonchev–Trinajstić information content (AvgIpc) is 2.84. The Labute approximate surface area is 205 Å². The summed E-state index contributed by atoms with van der Waals surface area (Å²) in [5.41, 5.74) is 2.18. The number of esters is 3. The minimum absolute atomic E-state index is 0.0704. The van der Waals surface area contributed by atoms with Crippen molar-refractivity contribution >= 4 is 17.9 Å². The zero-order chi connectivity index (χ0) is 25.8. The van der Waals surface area contributed by atoms with Gasteiger partial charge in [0.05, 0.1) is 0 Å². The number of ether oxygens (including phenoxy) is 5. The molecule has 2 aromatic rings. The Hall–Kier alpha value is -4.07. The van der Waals surface area contributed by atoms with Crippen molar-refractivity contribution in [2.45, 2.75) is 27.2 Å². The molecule has 0 radical (unpaired) electrons. The van der Waals surface area contributed by atoms with E-state index in [-0.39, 0.29) is 38.8 Å². The summed E-state index contributed by atoms with van der Waals surface area (Å²) in [5, 5.41) is 0. The lowest BCUT2D eigenvalue weighted by atomic mass is 10.0. The third-order valence-electron chi connectivity index (χ3n) is 4.50. The molecule has 0 N–H and O–H groups in total. The Morgan fingerprint density at radius 2 is 1.34 bits per heavy atom. The SMILES string of the molecule is C=C(C)C(=O)OCCOc1ccc(-c2ccc(OC(=O)C(=C)C)cc2)c(OCCOC(=O)CC)c1. The zero-order valence-corrected chi connectivity index (χ0v) is 20.3. The number of carbonyl (C=O) groups excluding carboxylic acids is 3. The van der Waals surface area contributed by atoms with E-state index >= 15 is 0 Å². The lowest BCUT2D eigenvalue weighted by molar-refractivity contribution is -0.144. The summed E-state index contributed by atoms with van der Waals surface area (Å²) in [7, 11) is 0. The van der Waals surface area contributed by atoms with Crippen molar-refractivity contribution in [1.82, 2.24) is 0 Å². The van der Waals surface area contributed by atoms with E-state index in [2.05, 4.69) is 13.2 Å². The highest BCUT2D eigenvalue weighted by Crippen LogP contribution is 2.34. The maximum Gasteiger partial charge on any atom is 0.338 e. The molecule has 0 aliphatic rings. The van der Waals surface area contributed by atoms with Gasteiger partial charge in [0, 0.05) is 29.2 Å². The standard InChI is InChI=1S/C27H30O8/c1-6-25(28)33-15-14-32-24-17-22(31-13-16-34-26(29)18(2)3)11-12-23(24)20-7-9-21(10-8-20)35-27(30)19(4)5/h7-12,17H,2,4,6,13-16H2,1,3,5H3. The van der Waals surface area contributed by atoms with Crippen molar-refractivity contribution < 1.29 is 38.1 Å². The molecular weight excluding hydrogens is 452 g/mol. The van der Waals surface area contributed by atoms with E-state index in [4.69, 9.17) is 23.7 Å². The van der Waals surface area contributed by atoms with Gasteiger partial charge < -0.3 is 23.7 Å². The number of rotatable bonds is 13. The van der Waals surface area contributed by atoms with E-state index in [0.29, 0.717) is 28.4 Å². The molecule has 0 saturated heterocycles. The van der Waals surface area contributed by atoms with Crippen molar-refractivity contribution in [1.29, 1.82) is 0 Å². The molecule has 0 bridgehead atoms. The van der Waals surface area contributed by atoms with Crippen LogP contribution in [-0.2, 0) is 23.9 Å². The van der Waals surface area contributed by atoms with Gasteiger partial charge in [0.2, 0.25) is 0 Å². The molecule has 186 valence electrons. The molecule has 0 fully saturated rings. The molecule has 0 aliphatic carbocycles. The van der Waals surface area contributed by atoms with E-state index < -0.39 is 11.9 Å². The lowest BCUT2D eigenvalue weighted by Gasteiger charge is -2.15. The first kappa shape index (κ1) is 27.2. The normalized spacial score (nSPS) is 10.1. The van der Waals surface area contributed by atoms with E-state index in [1.165, 1.54) is 0 Å². The first-order chi connectivity index (χ1) is 16.7. The maximum atomic E-state index is 11.7. The highest BCUT2D eigenvalue weighted by atomic mass is 16.6. The van der Waals surface area contributed by atoms with Crippen LogP contribution in [0.25, 0.3) is 11.1 Å². The van der Waals surface area contributed by atoms with Crippen LogP contribution in [0.15, 0.2) is 66.8 Å². The quantitative estimate of drug-likeness (QED) is 0.176.